The van der Waals surface area contributed by atoms with Gasteiger partial charge in [-0.05, 0) is 25.0 Å². The zero-order chi connectivity index (χ0) is 16.1. The first kappa shape index (κ1) is 14.9. The first-order valence-corrected chi connectivity index (χ1v) is 7.83. The average molecular weight is 297 g/mol. The van der Waals surface area contributed by atoms with Crippen molar-refractivity contribution in [3.05, 3.63) is 23.1 Å². The molecule has 5 nitrogen and oxygen atoms in total. The SMILES string of the molecule is C=Nc1ncc2c(n1)-c1c(nn(CC)c1C(C)C)CC2(C)C. The fourth-order valence-corrected chi connectivity index (χ4v) is 3.38. The van der Waals surface area contributed by atoms with Crippen molar-refractivity contribution in [2.45, 2.75) is 58.9 Å². The monoisotopic (exact) mass is 297 g/mol. The maximum Gasteiger partial charge on any atom is 0.249 e. The fourth-order valence-electron chi connectivity index (χ4n) is 3.38. The van der Waals surface area contributed by atoms with E-state index in [1.807, 2.05) is 6.20 Å². The normalized spacial score (nSPS) is 15.5. The molecule has 1 aliphatic rings. The maximum absolute atomic E-state index is 4.85. The Balaban J connectivity index is 2.36. The standard InChI is InChI=1S/C17H23N5/c1-7-22-15(10(2)3)13-12(21-22)8-17(4,5)11-9-19-16(18-6)20-14(11)13/h9-10H,6-8H2,1-5H3. The minimum absolute atomic E-state index is 0.0246. The molecule has 22 heavy (non-hydrogen) atoms. The van der Waals surface area contributed by atoms with Crippen molar-refractivity contribution >= 4 is 12.7 Å². The molecule has 5 heteroatoms. The van der Waals surface area contributed by atoms with Gasteiger partial charge in [-0.2, -0.15) is 5.10 Å². The molecule has 2 aromatic heterocycles. The Kier molecular flexibility index (Phi) is 3.38. The van der Waals surface area contributed by atoms with Gasteiger partial charge >= 0.3 is 0 Å². The van der Waals surface area contributed by atoms with Crippen LogP contribution in [0.5, 0.6) is 0 Å². The summed E-state index contributed by atoms with van der Waals surface area (Å²) in [5, 5.41) is 4.85. The van der Waals surface area contributed by atoms with Crippen LogP contribution < -0.4 is 0 Å². The summed E-state index contributed by atoms with van der Waals surface area (Å²) in [6.07, 6.45) is 2.81. The molecule has 0 atom stereocenters. The second-order valence-electron chi connectivity index (χ2n) is 6.83. The summed E-state index contributed by atoms with van der Waals surface area (Å²) >= 11 is 0. The van der Waals surface area contributed by atoms with Gasteiger partial charge in [-0.1, -0.05) is 27.7 Å². The zero-order valence-electron chi connectivity index (χ0n) is 14.0. The Morgan fingerprint density at radius 2 is 2.14 bits per heavy atom. The van der Waals surface area contributed by atoms with Gasteiger partial charge in [-0.15, -0.1) is 0 Å². The van der Waals surface area contributed by atoms with Crippen molar-refractivity contribution in [3.8, 4) is 11.3 Å². The van der Waals surface area contributed by atoms with E-state index >= 15 is 0 Å². The van der Waals surface area contributed by atoms with E-state index in [0.29, 0.717) is 11.9 Å². The van der Waals surface area contributed by atoms with Crippen molar-refractivity contribution in [2.24, 2.45) is 4.99 Å². The molecule has 0 aliphatic heterocycles. The molecule has 0 unspecified atom stereocenters. The van der Waals surface area contributed by atoms with E-state index in [2.05, 4.69) is 61.0 Å². The second-order valence-corrected chi connectivity index (χ2v) is 6.83. The van der Waals surface area contributed by atoms with Crippen LogP contribution >= 0.6 is 0 Å². The quantitative estimate of drug-likeness (QED) is 0.813. The summed E-state index contributed by atoms with van der Waals surface area (Å²) in [5.41, 5.74) is 5.69. The first-order chi connectivity index (χ1) is 10.4. The topological polar surface area (TPSA) is 56.0 Å². The zero-order valence-corrected chi connectivity index (χ0v) is 14.0. The van der Waals surface area contributed by atoms with Crippen LogP contribution in [-0.2, 0) is 18.4 Å². The molecule has 0 saturated heterocycles. The van der Waals surface area contributed by atoms with Gasteiger partial charge in [0.1, 0.15) is 0 Å². The van der Waals surface area contributed by atoms with Crippen LogP contribution in [0, 0.1) is 0 Å². The summed E-state index contributed by atoms with van der Waals surface area (Å²) in [6, 6.07) is 0. The number of aromatic nitrogens is 4. The van der Waals surface area contributed by atoms with Crippen molar-refractivity contribution in [1.29, 1.82) is 0 Å². The Labute approximate surface area is 131 Å². The van der Waals surface area contributed by atoms with E-state index in [0.717, 1.165) is 24.4 Å². The number of fused-ring (bicyclic) bond motifs is 3. The van der Waals surface area contributed by atoms with E-state index in [1.54, 1.807) is 0 Å². The molecule has 0 N–H and O–H groups in total. The summed E-state index contributed by atoms with van der Waals surface area (Å²) in [7, 11) is 0. The lowest BCUT2D eigenvalue weighted by molar-refractivity contribution is 0.498. The minimum Gasteiger partial charge on any atom is -0.269 e. The molecule has 0 aromatic carbocycles. The number of rotatable bonds is 3. The Morgan fingerprint density at radius 1 is 1.41 bits per heavy atom. The summed E-state index contributed by atoms with van der Waals surface area (Å²) < 4.78 is 2.11. The van der Waals surface area contributed by atoms with E-state index in [4.69, 9.17) is 5.10 Å². The molecule has 2 heterocycles. The molecule has 0 amide bonds. The summed E-state index contributed by atoms with van der Waals surface area (Å²) in [4.78, 5) is 12.9. The van der Waals surface area contributed by atoms with Crippen LogP contribution in [-0.4, -0.2) is 26.5 Å². The Morgan fingerprint density at radius 3 is 2.73 bits per heavy atom. The van der Waals surface area contributed by atoms with E-state index in [9.17, 15) is 0 Å². The first-order valence-electron chi connectivity index (χ1n) is 7.83. The highest BCUT2D eigenvalue weighted by molar-refractivity contribution is 5.73. The van der Waals surface area contributed by atoms with Crippen LogP contribution in [0.3, 0.4) is 0 Å². The van der Waals surface area contributed by atoms with Gasteiger partial charge in [0.15, 0.2) is 0 Å². The lowest BCUT2D eigenvalue weighted by Crippen LogP contribution is -2.26. The second kappa shape index (κ2) is 5.00. The molecule has 0 spiro atoms. The van der Waals surface area contributed by atoms with Gasteiger partial charge < -0.3 is 0 Å². The third-order valence-corrected chi connectivity index (χ3v) is 4.40. The molecule has 0 radical (unpaired) electrons. The summed E-state index contributed by atoms with van der Waals surface area (Å²) in [6.45, 7) is 15.4. The third-order valence-electron chi connectivity index (χ3n) is 4.40. The van der Waals surface area contributed by atoms with Crippen LogP contribution in [0.2, 0.25) is 0 Å². The van der Waals surface area contributed by atoms with Gasteiger partial charge in [-0.3, -0.25) is 4.68 Å². The fraction of sp³-hybridized carbons (Fsp3) is 0.529. The van der Waals surface area contributed by atoms with Crippen LogP contribution in [0.15, 0.2) is 11.2 Å². The van der Waals surface area contributed by atoms with Crippen molar-refractivity contribution < 1.29 is 0 Å². The molecule has 2 aromatic rings. The predicted molar refractivity (Wildman–Crippen MR) is 89.0 cm³/mol. The number of hydrogen-bond acceptors (Lipinski definition) is 4. The Hall–Kier alpha value is -2.04. The highest BCUT2D eigenvalue weighted by Crippen LogP contribution is 2.44. The van der Waals surface area contributed by atoms with Gasteiger partial charge in [-0.25, -0.2) is 15.0 Å². The largest absolute Gasteiger partial charge is 0.269 e. The smallest absolute Gasteiger partial charge is 0.249 e. The van der Waals surface area contributed by atoms with Crippen LogP contribution in [0.1, 0.15) is 57.5 Å². The molecule has 116 valence electrons. The molecule has 1 aliphatic carbocycles. The van der Waals surface area contributed by atoms with E-state index < -0.39 is 0 Å². The predicted octanol–water partition coefficient (Wildman–Crippen LogP) is 3.65. The molecule has 3 rings (SSSR count). The van der Waals surface area contributed by atoms with Gasteiger partial charge in [0.25, 0.3) is 0 Å². The molecule has 0 saturated carbocycles. The van der Waals surface area contributed by atoms with Gasteiger partial charge in [0.2, 0.25) is 5.95 Å². The Bertz CT molecular complexity index is 740. The molecular formula is C17H23N5. The van der Waals surface area contributed by atoms with Crippen LogP contribution in [0.25, 0.3) is 11.3 Å². The van der Waals surface area contributed by atoms with Crippen LogP contribution in [0.4, 0.5) is 5.95 Å². The number of hydrogen-bond donors (Lipinski definition) is 0. The van der Waals surface area contributed by atoms with Crippen molar-refractivity contribution in [1.82, 2.24) is 19.7 Å². The van der Waals surface area contributed by atoms with Gasteiger partial charge in [0, 0.05) is 30.3 Å². The highest BCUT2D eigenvalue weighted by Gasteiger charge is 2.37. The number of nitrogens with zero attached hydrogens (tertiary/aromatic N) is 5. The number of aliphatic imine (C=N–C) groups is 1. The van der Waals surface area contributed by atoms with Gasteiger partial charge in [0.05, 0.1) is 17.1 Å². The molecule has 0 bridgehead atoms. The highest BCUT2D eigenvalue weighted by atomic mass is 15.3. The van der Waals surface area contributed by atoms with E-state index in [1.165, 1.54) is 16.8 Å². The average Bonchev–Trinajstić information content (AvgIpc) is 2.84. The minimum atomic E-state index is -0.0246. The maximum atomic E-state index is 4.85. The van der Waals surface area contributed by atoms with Crippen molar-refractivity contribution in [2.75, 3.05) is 0 Å². The molecule has 0 fully saturated rings. The number of aryl methyl sites for hydroxylation is 1. The third kappa shape index (κ3) is 2.07. The van der Waals surface area contributed by atoms with E-state index in [-0.39, 0.29) is 5.41 Å². The lowest BCUT2D eigenvalue weighted by Gasteiger charge is -2.31. The van der Waals surface area contributed by atoms with Crippen molar-refractivity contribution in [3.63, 3.8) is 0 Å². The lowest BCUT2D eigenvalue weighted by atomic mass is 9.74. The summed E-state index contributed by atoms with van der Waals surface area (Å²) in [5.74, 6) is 0.821. The molecular weight excluding hydrogens is 274 g/mol.